The summed E-state index contributed by atoms with van der Waals surface area (Å²) in [6.45, 7) is 20.9. The Bertz CT molecular complexity index is 1390. The number of ketones is 1. The molecule has 1 aliphatic rings. The van der Waals surface area contributed by atoms with Crippen molar-refractivity contribution in [2.75, 3.05) is 43.5 Å². The standard InChI is InChI=1S/C36H48F2N4O3/c1-9-18-36(37,38)29(32(12-4)45-33-15-13-14-27(10-2)35(33)31(43)11-3)24-39-26(7)40-30-17-16-28(23-34(30)44-8)42-21-19-41(20-22-42)25(5)6/h9,12-17,23-26,40H,1,4,10-11,18-22H2,2-3,5-8H3/b32-29-,39-24-. The maximum Gasteiger partial charge on any atom is 0.281 e. The van der Waals surface area contributed by atoms with E-state index in [1.54, 1.807) is 33.1 Å². The van der Waals surface area contributed by atoms with Crippen molar-refractivity contribution in [3.8, 4) is 11.5 Å². The lowest BCUT2D eigenvalue weighted by Gasteiger charge is -2.38. The van der Waals surface area contributed by atoms with Crippen LogP contribution in [-0.4, -0.2) is 68.3 Å². The van der Waals surface area contributed by atoms with Crippen LogP contribution in [0.1, 0.15) is 63.4 Å². The molecule has 2 aromatic carbocycles. The summed E-state index contributed by atoms with van der Waals surface area (Å²) in [4.78, 5) is 22.0. The smallest absolute Gasteiger partial charge is 0.281 e. The fourth-order valence-electron chi connectivity index (χ4n) is 5.35. The number of ether oxygens (including phenoxy) is 2. The van der Waals surface area contributed by atoms with E-state index in [1.807, 2.05) is 31.2 Å². The maximum atomic E-state index is 15.5. The molecule has 1 atom stereocenters. The highest BCUT2D eigenvalue weighted by molar-refractivity contribution is 6.00. The van der Waals surface area contributed by atoms with Gasteiger partial charge in [-0.25, -0.2) is 8.78 Å². The molecule has 1 unspecified atom stereocenters. The molecular formula is C36H48F2N4O3. The van der Waals surface area contributed by atoms with Crippen LogP contribution in [0.2, 0.25) is 0 Å². The average Bonchev–Trinajstić information content (AvgIpc) is 3.03. The number of nitrogens with zero attached hydrogens (tertiary/aromatic N) is 3. The van der Waals surface area contributed by atoms with Crippen LogP contribution in [0.5, 0.6) is 11.5 Å². The van der Waals surface area contributed by atoms with Gasteiger partial charge in [0.2, 0.25) is 0 Å². The number of anilines is 2. The van der Waals surface area contributed by atoms with Crippen molar-refractivity contribution in [3.63, 3.8) is 0 Å². The first-order valence-electron chi connectivity index (χ1n) is 15.6. The minimum Gasteiger partial charge on any atom is -0.495 e. The lowest BCUT2D eigenvalue weighted by Crippen LogP contribution is -2.48. The number of aliphatic imine (C=N–C) groups is 1. The fraction of sp³-hybridized carbons (Fsp3) is 0.444. The van der Waals surface area contributed by atoms with Crippen molar-refractivity contribution < 1.29 is 23.0 Å². The van der Waals surface area contributed by atoms with E-state index in [-0.39, 0.29) is 23.7 Å². The van der Waals surface area contributed by atoms with Crippen molar-refractivity contribution in [3.05, 3.63) is 84.2 Å². The first-order chi connectivity index (χ1) is 21.5. The number of methoxy groups -OCH3 is 1. The zero-order valence-corrected chi connectivity index (χ0v) is 27.5. The number of piperazine rings is 1. The van der Waals surface area contributed by atoms with E-state index in [9.17, 15) is 4.79 Å². The van der Waals surface area contributed by atoms with Gasteiger partial charge in [-0.05, 0) is 57.0 Å². The molecule has 0 bridgehead atoms. The highest BCUT2D eigenvalue weighted by atomic mass is 19.3. The molecule has 1 N–H and O–H groups in total. The molecule has 0 aliphatic carbocycles. The Kier molecular flexibility index (Phi) is 12.9. The van der Waals surface area contributed by atoms with E-state index >= 15 is 8.78 Å². The molecule has 244 valence electrons. The number of rotatable bonds is 16. The molecule has 9 heteroatoms. The van der Waals surface area contributed by atoms with Gasteiger partial charge in [-0.3, -0.25) is 14.7 Å². The summed E-state index contributed by atoms with van der Waals surface area (Å²) >= 11 is 0. The minimum atomic E-state index is -3.36. The summed E-state index contributed by atoms with van der Waals surface area (Å²) in [6, 6.07) is 11.6. The summed E-state index contributed by atoms with van der Waals surface area (Å²) < 4.78 is 42.7. The number of alkyl halides is 2. The number of Topliss-reactive ketones (excluding diaryl/α,β-unsaturated/α-hetero) is 1. The number of aryl methyl sites for hydroxylation is 1. The van der Waals surface area contributed by atoms with Crippen molar-refractivity contribution in [2.45, 2.75) is 72.0 Å². The van der Waals surface area contributed by atoms with Gasteiger partial charge in [0.25, 0.3) is 5.92 Å². The Labute approximate surface area is 267 Å². The van der Waals surface area contributed by atoms with Crippen LogP contribution < -0.4 is 19.7 Å². The number of benzene rings is 2. The van der Waals surface area contributed by atoms with Crippen LogP contribution >= 0.6 is 0 Å². The first-order valence-corrected chi connectivity index (χ1v) is 15.6. The van der Waals surface area contributed by atoms with E-state index in [1.165, 1.54) is 6.08 Å². The third-order valence-corrected chi connectivity index (χ3v) is 7.95. The molecule has 1 heterocycles. The molecule has 7 nitrogen and oxygen atoms in total. The number of hydrogen-bond donors (Lipinski definition) is 1. The zero-order chi connectivity index (χ0) is 33.1. The largest absolute Gasteiger partial charge is 0.495 e. The molecule has 0 saturated carbocycles. The molecule has 1 aliphatic heterocycles. The monoisotopic (exact) mass is 622 g/mol. The summed E-state index contributed by atoms with van der Waals surface area (Å²) in [5.41, 5.74) is 2.45. The molecule has 3 rings (SSSR count). The van der Waals surface area contributed by atoms with Gasteiger partial charge < -0.3 is 19.7 Å². The van der Waals surface area contributed by atoms with Gasteiger partial charge in [0.1, 0.15) is 23.4 Å². The number of allylic oxidation sites excluding steroid dienone is 3. The second-order valence-electron chi connectivity index (χ2n) is 11.3. The SMILES string of the molecule is C=CCC(F)(F)C(/C=N\C(C)Nc1ccc(N2CCN(C(C)C)CC2)cc1OC)=C(/C=C)Oc1cccc(CC)c1C(=O)CC. The van der Waals surface area contributed by atoms with E-state index in [0.29, 0.717) is 29.5 Å². The fourth-order valence-corrected chi connectivity index (χ4v) is 5.35. The number of carbonyl (C=O) groups is 1. The Morgan fingerprint density at radius 3 is 2.38 bits per heavy atom. The Morgan fingerprint density at radius 1 is 1.09 bits per heavy atom. The van der Waals surface area contributed by atoms with E-state index in [2.05, 4.69) is 47.1 Å². The molecule has 0 aromatic heterocycles. The van der Waals surface area contributed by atoms with Gasteiger partial charge in [-0.15, -0.1) is 6.58 Å². The lowest BCUT2D eigenvalue weighted by atomic mass is 9.99. The summed E-state index contributed by atoms with van der Waals surface area (Å²) in [5.74, 6) is -2.83. The third-order valence-electron chi connectivity index (χ3n) is 7.95. The molecule has 1 fully saturated rings. The quantitative estimate of drug-likeness (QED) is 0.0674. The van der Waals surface area contributed by atoms with Crippen molar-refractivity contribution in [2.24, 2.45) is 4.99 Å². The van der Waals surface area contributed by atoms with Crippen LogP contribution in [0.25, 0.3) is 0 Å². The van der Waals surface area contributed by atoms with Crippen LogP contribution in [0.3, 0.4) is 0 Å². The Morgan fingerprint density at radius 2 is 1.80 bits per heavy atom. The number of halogens is 2. The normalized spacial score (nSPS) is 15.5. The van der Waals surface area contributed by atoms with Crippen molar-refractivity contribution >= 4 is 23.4 Å². The highest BCUT2D eigenvalue weighted by Gasteiger charge is 2.35. The van der Waals surface area contributed by atoms with Crippen LogP contribution in [-0.2, 0) is 6.42 Å². The van der Waals surface area contributed by atoms with Gasteiger partial charge >= 0.3 is 0 Å². The zero-order valence-electron chi connectivity index (χ0n) is 27.5. The topological polar surface area (TPSA) is 66.4 Å². The average molecular weight is 623 g/mol. The Balaban J connectivity index is 1.89. The highest BCUT2D eigenvalue weighted by Crippen LogP contribution is 2.34. The Hall–Kier alpha value is -3.98. The third kappa shape index (κ3) is 9.03. The van der Waals surface area contributed by atoms with Crippen molar-refractivity contribution in [1.29, 1.82) is 0 Å². The van der Waals surface area contributed by atoms with E-state index < -0.39 is 24.1 Å². The molecule has 0 radical (unpaired) electrons. The van der Waals surface area contributed by atoms with Gasteiger partial charge in [0.05, 0.1) is 23.9 Å². The van der Waals surface area contributed by atoms with Gasteiger partial charge in [-0.1, -0.05) is 38.6 Å². The summed E-state index contributed by atoms with van der Waals surface area (Å²) in [7, 11) is 1.60. The van der Waals surface area contributed by atoms with Gasteiger partial charge in [-0.2, -0.15) is 0 Å². The number of carbonyl (C=O) groups excluding carboxylic acids is 1. The summed E-state index contributed by atoms with van der Waals surface area (Å²) in [6.07, 6.45) is 3.10. The predicted octanol–water partition coefficient (Wildman–Crippen LogP) is 7.94. The maximum absolute atomic E-state index is 15.5. The van der Waals surface area contributed by atoms with E-state index in [4.69, 9.17) is 9.47 Å². The lowest BCUT2D eigenvalue weighted by molar-refractivity contribution is 0.0490. The second-order valence-corrected chi connectivity index (χ2v) is 11.3. The molecule has 0 amide bonds. The first kappa shape index (κ1) is 35.5. The number of nitrogens with one attached hydrogen (secondary N) is 1. The number of hydrogen-bond acceptors (Lipinski definition) is 7. The van der Waals surface area contributed by atoms with Crippen molar-refractivity contribution in [1.82, 2.24) is 4.90 Å². The molecule has 0 spiro atoms. The van der Waals surface area contributed by atoms with Crippen LogP contribution in [0.4, 0.5) is 20.2 Å². The van der Waals surface area contributed by atoms with Gasteiger partial charge in [0, 0.05) is 63.0 Å². The molecular weight excluding hydrogens is 574 g/mol. The van der Waals surface area contributed by atoms with Gasteiger partial charge in [0.15, 0.2) is 5.78 Å². The molecule has 45 heavy (non-hydrogen) atoms. The van der Waals surface area contributed by atoms with E-state index in [0.717, 1.165) is 49.7 Å². The van der Waals surface area contributed by atoms with Crippen LogP contribution in [0, 0.1) is 0 Å². The predicted molar refractivity (Wildman–Crippen MR) is 182 cm³/mol. The minimum absolute atomic E-state index is 0.130. The summed E-state index contributed by atoms with van der Waals surface area (Å²) in [5, 5.41) is 3.26. The molecule has 2 aromatic rings. The second kappa shape index (κ2) is 16.4. The molecule has 1 saturated heterocycles. The van der Waals surface area contributed by atoms with Crippen LogP contribution in [0.15, 0.2) is 78.0 Å².